The number of aromatic nitrogens is 4. The van der Waals surface area contributed by atoms with Crippen LogP contribution in [-0.2, 0) is 4.79 Å². The smallest absolute Gasteiger partial charge is 0.293 e. The van der Waals surface area contributed by atoms with Crippen LogP contribution in [0.1, 0.15) is 49.3 Å². The minimum atomic E-state index is -0.411. The minimum Gasteiger partial charge on any atom is -0.487 e. The third-order valence-electron chi connectivity index (χ3n) is 6.62. The number of likely N-dealkylation sites (tertiary alicyclic amines) is 1. The van der Waals surface area contributed by atoms with E-state index in [1.54, 1.807) is 11.0 Å². The van der Waals surface area contributed by atoms with Crippen molar-refractivity contribution in [1.29, 1.82) is 0 Å². The molecule has 184 valence electrons. The first-order chi connectivity index (χ1) is 17.2. The Kier molecular flexibility index (Phi) is 4.89. The molecule has 2 atom stereocenters. The molecule has 2 N–H and O–H groups in total. The number of benzene rings is 2. The molecule has 0 radical (unpaired) electrons. The highest BCUT2D eigenvalue weighted by molar-refractivity contribution is 5.94. The van der Waals surface area contributed by atoms with Gasteiger partial charge in [0, 0.05) is 30.1 Å². The molecule has 36 heavy (non-hydrogen) atoms. The van der Waals surface area contributed by atoms with E-state index in [4.69, 9.17) is 4.74 Å². The van der Waals surface area contributed by atoms with Crippen molar-refractivity contribution in [3.05, 3.63) is 64.2 Å². The highest BCUT2D eigenvalue weighted by Gasteiger charge is 2.45. The van der Waals surface area contributed by atoms with Crippen LogP contribution in [0.15, 0.2) is 47.3 Å². The second-order valence-corrected chi connectivity index (χ2v) is 10.6. The minimum absolute atomic E-state index is 0.0381. The van der Waals surface area contributed by atoms with E-state index in [-0.39, 0.29) is 40.7 Å². The first-order valence-corrected chi connectivity index (χ1v) is 11.9. The Balaban J connectivity index is 1.27. The summed E-state index contributed by atoms with van der Waals surface area (Å²) in [6.45, 7) is 6.82. The lowest BCUT2D eigenvalue weighted by Crippen LogP contribution is -2.31. The standard InChI is InChI=1S/C26H26N6O4/c1-26(2,3)11-20(33)27-16-8-6-10-18-21(16)14-12-31(13-19(14)36-18)25(35)22-29-23-24(34)28-15-7-4-5-9-17(15)32(23)30-22/h4-10,14,19H,11-13H2,1-3H3,(H,27,33)(H,28,34). The second-order valence-electron chi connectivity index (χ2n) is 10.6. The summed E-state index contributed by atoms with van der Waals surface area (Å²) in [5.41, 5.74) is 2.42. The molecule has 1 fully saturated rings. The topological polar surface area (TPSA) is 122 Å². The number of fused-ring (bicyclic) bond motifs is 6. The average molecular weight is 487 g/mol. The number of H-pyrrole nitrogens is 1. The Hall–Kier alpha value is -4.21. The molecule has 1 saturated heterocycles. The number of rotatable bonds is 3. The number of nitrogens with zero attached hydrogens (tertiary/aromatic N) is 4. The fourth-order valence-electron chi connectivity index (χ4n) is 5.12. The molecule has 2 aliphatic rings. The SMILES string of the molecule is CC(C)(C)CC(=O)Nc1cccc2c1C1CN(C(=O)c3nc4c(=O)[nH]c5ccccc5n4n3)CC1O2. The van der Waals surface area contributed by atoms with Crippen molar-refractivity contribution in [3.8, 4) is 5.75 Å². The molecule has 0 saturated carbocycles. The van der Waals surface area contributed by atoms with Crippen LogP contribution >= 0.6 is 0 Å². The van der Waals surface area contributed by atoms with Gasteiger partial charge < -0.3 is 19.9 Å². The summed E-state index contributed by atoms with van der Waals surface area (Å²) in [4.78, 5) is 47.2. The molecule has 0 aliphatic carbocycles. The van der Waals surface area contributed by atoms with Crippen LogP contribution in [0.5, 0.6) is 5.75 Å². The zero-order chi connectivity index (χ0) is 25.2. The van der Waals surface area contributed by atoms with Crippen molar-refractivity contribution in [3.63, 3.8) is 0 Å². The van der Waals surface area contributed by atoms with Gasteiger partial charge >= 0.3 is 0 Å². The Bertz CT molecular complexity index is 1600. The van der Waals surface area contributed by atoms with E-state index >= 15 is 0 Å². The Morgan fingerprint density at radius 3 is 2.75 bits per heavy atom. The molecule has 2 aliphatic heterocycles. The van der Waals surface area contributed by atoms with Crippen molar-refractivity contribution in [1.82, 2.24) is 24.5 Å². The van der Waals surface area contributed by atoms with Gasteiger partial charge in [0.1, 0.15) is 11.9 Å². The lowest BCUT2D eigenvalue weighted by molar-refractivity contribution is -0.117. The first-order valence-electron chi connectivity index (χ1n) is 11.9. The summed E-state index contributed by atoms with van der Waals surface area (Å²) in [5.74, 6) is 0.183. The van der Waals surface area contributed by atoms with Gasteiger partial charge in [-0.15, -0.1) is 5.10 Å². The normalized spacial score (nSPS) is 18.8. The molecule has 2 aromatic heterocycles. The molecule has 10 nitrogen and oxygen atoms in total. The summed E-state index contributed by atoms with van der Waals surface area (Å²) in [6, 6.07) is 12.8. The van der Waals surface area contributed by atoms with Gasteiger partial charge in [-0.3, -0.25) is 14.4 Å². The van der Waals surface area contributed by atoms with E-state index in [1.165, 1.54) is 4.52 Å². The number of amides is 2. The maximum Gasteiger partial charge on any atom is 0.293 e. The lowest BCUT2D eigenvalue weighted by Gasteiger charge is -2.19. The number of nitrogens with one attached hydrogen (secondary N) is 2. The summed E-state index contributed by atoms with van der Waals surface area (Å²) in [6.07, 6.45) is 0.162. The average Bonchev–Trinajstić information content (AvgIpc) is 3.51. The molecule has 2 amide bonds. The molecule has 6 rings (SSSR count). The van der Waals surface area contributed by atoms with Crippen molar-refractivity contribution in [2.75, 3.05) is 18.4 Å². The Morgan fingerprint density at radius 1 is 1.14 bits per heavy atom. The van der Waals surface area contributed by atoms with E-state index in [1.807, 2.05) is 57.2 Å². The van der Waals surface area contributed by atoms with Crippen molar-refractivity contribution in [2.45, 2.75) is 39.2 Å². The predicted octanol–water partition coefficient (Wildman–Crippen LogP) is 2.95. The number of para-hydroxylation sites is 2. The number of carbonyl (C=O) groups is 2. The van der Waals surface area contributed by atoms with Gasteiger partial charge in [0.25, 0.3) is 11.5 Å². The van der Waals surface area contributed by atoms with E-state index in [0.717, 1.165) is 11.3 Å². The molecule has 4 heterocycles. The summed E-state index contributed by atoms with van der Waals surface area (Å²) in [5, 5.41) is 7.41. The van der Waals surface area contributed by atoms with E-state index in [2.05, 4.69) is 20.4 Å². The van der Waals surface area contributed by atoms with Gasteiger partial charge in [0.2, 0.25) is 17.4 Å². The number of hydrogen-bond acceptors (Lipinski definition) is 6. The largest absolute Gasteiger partial charge is 0.487 e. The third kappa shape index (κ3) is 3.69. The fourth-order valence-corrected chi connectivity index (χ4v) is 5.12. The van der Waals surface area contributed by atoms with Crippen LogP contribution in [0.3, 0.4) is 0 Å². The van der Waals surface area contributed by atoms with Gasteiger partial charge in [-0.2, -0.15) is 4.98 Å². The number of anilines is 1. The van der Waals surface area contributed by atoms with Crippen molar-refractivity contribution in [2.24, 2.45) is 5.41 Å². The van der Waals surface area contributed by atoms with Crippen LogP contribution in [0.2, 0.25) is 0 Å². The number of aromatic amines is 1. The number of ether oxygens (including phenoxy) is 1. The van der Waals surface area contributed by atoms with Crippen molar-refractivity contribution >= 4 is 34.2 Å². The zero-order valence-electron chi connectivity index (χ0n) is 20.2. The van der Waals surface area contributed by atoms with Crippen molar-refractivity contribution < 1.29 is 14.3 Å². The Labute approximate surface area is 206 Å². The molecule has 2 aromatic carbocycles. The highest BCUT2D eigenvalue weighted by Crippen LogP contribution is 2.46. The predicted molar refractivity (Wildman–Crippen MR) is 133 cm³/mol. The summed E-state index contributed by atoms with van der Waals surface area (Å²) < 4.78 is 7.57. The van der Waals surface area contributed by atoms with E-state index < -0.39 is 5.56 Å². The van der Waals surface area contributed by atoms with E-state index in [0.29, 0.717) is 36.2 Å². The molecule has 4 aromatic rings. The van der Waals surface area contributed by atoms with Gasteiger partial charge in [-0.25, -0.2) is 4.52 Å². The monoisotopic (exact) mass is 486 g/mol. The van der Waals surface area contributed by atoms with Gasteiger partial charge in [-0.05, 0) is 29.7 Å². The quantitative estimate of drug-likeness (QED) is 0.459. The fraction of sp³-hybridized carbons (Fsp3) is 0.346. The zero-order valence-corrected chi connectivity index (χ0v) is 20.2. The van der Waals surface area contributed by atoms with Crippen LogP contribution in [0, 0.1) is 5.41 Å². The maximum absolute atomic E-state index is 13.4. The molecule has 0 bridgehead atoms. The van der Waals surface area contributed by atoms with Crippen LogP contribution in [0.25, 0.3) is 16.7 Å². The molecular formula is C26H26N6O4. The number of hydrogen-bond donors (Lipinski definition) is 2. The molecule has 0 spiro atoms. The summed E-state index contributed by atoms with van der Waals surface area (Å²) >= 11 is 0. The second kappa shape index (κ2) is 7.91. The first kappa shape index (κ1) is 22.3. The highest BCUT2D eigenvalue weighted by atomic mass is 16.5. The number of carbonyl (C=O) groups excluding carboxylic acids is 2. The van der Waals surface area contributed by atoms with Crippen LogP contribution in [-0.4, -0.2) is 55.5 Å². The van der Waals surface area contributed by atoms with Gasteiger partial charge in [0.05, 0.1) is 17.6 Å². The van der Waals surface area contributed by atoms with Gasteiger partial charge in [-0.1, -0.05) is 39.0 Å². The molecular weight excluding hydrogens is 460 g/mol. The molecule has 10 heteroatoms. The Morgan fingerprint density at radius 2 is 1.94 bits per heavy atom. The maximum atomic E-state index is 13.4. The van der Waals surface area contributed by atoms with Crippen LogP contribution in [0.4, 0.5) is 5.69 Å². The van der Waals surface area contributed by atoms with Gasteiger partial charge in [0.15, 0.2) is 0 Å². The molecule has 2 unspecified atom stereocenters. The summed E-state index contributed by atoms with van der Waals surface area (Å²) in [7, 11) is 0. The van der Waals surface area contributed by atoms with Crippen LogP contribution < -0.4 is 15.6 Å². The lowest BCUT2D eigenvalue weighted by atomic mass is 9.91. The van der Waals surface area contributed by atoms with E-state index in [9.17, 15) is 14.4 Å². The third-order valence-corrected chi connectivity index (χ3v) is 6.62.